The zero-order valence-corrected chi connectivity index (χ0v) is 28.4. The van der Waals surface area contributed by atoms with E-state index in [1.54, 1.807) is 0 Å². The van der Waals surface area contributed by atoms with Gasteiger partial charge in [0.2, 0.25) is 0 Å². The molecule has 35 heavy (non-hydrogen) atoms. The highest BCUT2D eigenvalue weighted by Crippen LogP contribution is 2.25. The second-order valence-electron chi connectivity index (χ2n) is 7.02. The standard InChI is InChI=1S/C22H46O4S9/c27-9-1-23-5-13-31-17-21(34-15-7-25-3-11-29)19-33-20-22(35-16-8-26-4-12-30)18-32-14-6-24-2-10-28/h21-22,27-30H,1-20H2. The van der Waals surface area contributed by atoms with Crippen molar-refractivity contribution in [1.29, 1.82) is 0 Å². The fourth-order valence-electron chi connectivity index (χ4n) is 2.50. The maximum atomic E-state index is 5.62. The van der Waals surface area contributed by atoms with Crippen LogP contribution in [0.15, 0.2) is 0 Å². The van der Waals surface area contributed by atoms with Crippen LogP contribution in [0.1, 0.15) is 0 Å². The van der Waals surface area contributed by atoms with Gasteiger partial charge in [-0.25, -0.2) is 0 Å². The van der Waals surface area contributed by atoms with Crippen LogP contribution in [0, 0.1) is 0 Å². The molecule has 0 aromatic carbocycles. The molecule has 0 amide bonds. The van der Waals surface area contributed by atoms with E-state index in [2.05, 4.69) is 62.3 Å². The summed E-state index contributed by atoms with van der Waals surface area (Å²) in [4.78, 5) is 0. The summed E-state index contributed by atoms with van der Waals surface area (Å²) in [6, 6.07) is 0. The first-order valence-electron chi connectivity index (χ1n) is 12.0. The number of hydrogen-bond acceptors (Lipinski definition) is 13. The topological polar surface area (TPSA) is 36.9 Å². The Morgan fingerprint density at radius 1 is 0.400 bits per heavy atom. The molecule has 0 N–H and O–H groups in total. The van der Waals surface area contributed by atoms with Crippen LogP contribution in [0.4, 0.5) is 0 Å². The van der Waals surface area contributed by atoms with E-state index in [1.807, 2.05) is 47.0 Å². The van der Waals surface area contributed by atoms with Crippen molar-refractivity contribution in [2.75, 3.05) is 122 Å². The summed E-state index contributed by atoms with van der Waals surface area (Å²) in [7, 11) is 0. The van der Waals surface area contributed by atoms with Crippen molar-refractivity contribution in [2.45, 2.75) is 10.5 Å². The summed E-state index contributed by atoms with van der Waals surface area (Å²) in [5.41, 5.74) is 0. The second-order valence-corrected chi connectivity index (χ2v) is 15.0. The molecule has 0 radical (unpaired) electrons. The van der Waals surface area contributed by atoms with Gasteiger partial charge < -0.3 is 18.9 Å². The molecule has 2 atom stereocenters. The average molecular weight is 663 g/mol. The summed E-state index contributed by atoms with van der Waals surface area (Å²) in [5.74, 6) is 12.0. The van der Waals surface area contributed by atoms with Gasteiger partial charge in [-0.2, -0.15) is 109 Å². The molecule has 0 aromatic rings. The SMILES string of the molecule is SCCOCCSCC(CSCC(CSCCOCCS)SCCOCCS)SCCOCCS. The Hall–Kier alpha value is 2.99. The van der Waals surface area contributed by atoms with Crippen LogP contribution < -0.4 is 0 Å². The number of thiol groups is 4. The fourth-order valence-corrected chi connectivity index (χ4v) is 9.57. The van der Waals surface area contributed by atoms with Gasteiger partial charge in [0.25, 0.3) is 0 Å². The van der Waals surface area contributed by atoms with Crippen molar-refractivity contribution in [3.05, 3.63) is 0 Å². The third-order valence-corrected chi connectivity index (χ3v) is 11.5. The van der Waals surface area contributed by atoms with E-state index < -0.39 is 0 Å². The van der Waals surface area contributed by atoms with Crippen LogP contribution in [0.5, 0.6) is 0 Å². The van der Waals surface area contributed by atoms with Gasteiger partial charge in [0.15, 0.2) is 0 Å². The molecule has 0 aliphatic heterocycles. The number of rotatable bonds is 30. The number of hydrogen-bond donors (Lipinski definition) is 4. The lowest BCUT2D eigenvalue weighted by atomic mass is 10.5. The summed E-state index contributed by atoms with van der Waals surface area (Å²) in [6.07, 6.45) is 0. The molecule has 212 valence electrons. The summed E-state index contributed by atoms with van der Waals surface area (Å²) >= 11 is 27.0. The fraction of sp³-hybridized carbons (Fsp3) is 1.00. The van der Waals surface area contributed by atoms with Gasteiger partial charge in [0, 0.05) is 79.5 Å². The Balaban J connectivity index is 4.38. The van der Waals surface area contributed by atoms with Crippen molar-refractivity contribution in [1.82, 2.24) is 0 Å². The summed E-state index contributed by atoms with van der Waals surface area (Å²) in [5, 5.41) is 1.25. The smallest absolute Gasteiger partial charge is 0.0557 e. The van der Waals surface area contributed by atoms with Gasteiger partial charge in [-0.3, -0.25) is 0 Å². The molecule has 0 aliphatic carbocycles. The monoisotopic (exact) mass is 662 g/mol. The van der Waals surface area contributed by atoms with E-state index in [0.717, 1.165) is 110 Å². The summed E-state index contributed by atoms with van der Waals surface area (Å²) in [6.45, 7) is 6.16. The van der Waals surface area contributed by atoms with Crippen LogP contribution in [0.2, 0.25) is 0 Å². The van der Waals surface area contributed by atoms with Crippen LogP contribution in [-0.2, 0) is 18.9 Å². The Morgan fingerprint density at radius 3 is 1.06 bits per heavy atom. The molecule has 0 fully saturated rings. The quantitative estimate of drug-likeness (QED) is 0.0616. The van der Waals surface area contributed by atoms with Gasteiger partial charge in [-0.15, -0.1) is 0 Å². The highest BCUT2D eigenvalue weighted by molar-refractivity contribution is 8.06. The Morgan fingerprint density at radius 2 is 0.714 bits per heavy atom. The predicted molar refractivity (Wildman–Crippen MR) is 183 cm³/mol. The van der Waals surface area contributed by atoms with Gasteiger partial charge in [0.1, 0.15) is 0 Å². The minimum atomic E-state index is 0.626. The Bertz CT molecular complexity index is 370. The third kappa shape index (κ3) is 29.8. The minimum absolute atomic E-state index is 0.626. The first kappa shape index (κ1) is 38.0. The molecule has 0 aliphatic rings. The van der Waals surface area contributed by atoms with E-state index in [0.29, 0.717) is 10.5 Å². The highest BCUT2D eigenvalue weighted by Gasteiger charge is 2.14. The maximum absolute atomic E-state index is 5.62. The van der Waals surface area contributed by atoms with Crippen molar-refractivity contribution in [3.63, 3.8) is 0 Å². The molecular formula is C22H46O4S9. The first-order valence-corrected chi connectivity index (χ1v) is 20.1. The van der Waals surface area contributed by atoms with Gasteiger partial charge in [-0.05, 0) is 0 Å². The van der Waals surface area contributed by atoms with Crippen LogP contribution in [0.25, 0.3) is 0 Å². The second kappa shape index (κ2) is 33.2. The van der Waals surface area contributed by atoms with Crippen molar-refractivity contribution < 1.29 is 18.9 Å². The molecule has 0 aromatic heterocycles. The maximum Gasteiger partial charge on any atom is 0.0557 e. The predicted octanol–water partition coefficient (Wildman–Crippen LogP) is 5.18. The normalized spacial score (nSPS) is 13.4. The van der Waals surface area contributed by atoms with Crippen LogP contribution in [0.3, 0.4) is 0 Å². The van der Waals surface area contributed by atoms with Crippen molar-refractivity contribution in [2.24, 2.45) is 0 Å². The average Bonchev–Trinajstić information content (AvgIpc) is 2.87. The van der Waals surface area contributed by atoms with E-state index in [1.165, 1.54) is 11.5 Å². The molecule has 0 bridgehead atoms. The van der Waals surface area contributed by atoms with Crippen LogP contribution >= 0.6 is 109 Å². The molecule has 2 unspecified atom stereocenters. The van der Waals surface area contributed by atoms with E-state index in [4.69, 9.17) is 18.9 Å². The lowest BCUT2D eigenvalue weighted by Gasteiger charge is -2.20. The Kier molecular flexibility index (Phi) is 36.0. The molecule has 0 saturated carbocycles. The van der Waals surface area contributed by atoms with Gasteiger partial charge in [-0.1, -0.05) is 0 Å². The van der Waals surface area contributed by atoms with E-state index >= 15 is 0 Å². The molecule has 13 heteroatoms. The van der Waals surface area contributed by atoms with Crippen LogP contribution in [-0.4, -0.2) is 132 Å². The number of thioether (sulfide) groups is 5. The van der Waals surface area contributed by atoms with Gasteiger partial charge in [0.05, 0.1) is 52.9 Å². The van der Waals surface area contributed by atoms with Gasteiger partial charge >= 0.3 is 0 Å². The lowest BCUT2D eigenvalue weighted by Crippen LogP contribution is -2.18. The molecule has 4 nitrogen and oxygen atoms in total. The minimum Gasteiger partial charge on any atom is -0.380 e. The molecule has 0 heterocycles. The molecule has 0 spiro atoms. The zero-order valence-electron chi connectivity index (χ0n) is 20.8. The largest absolute Gasteiger partial charge is 0.380 e. The zero-order chi connectivity index (χ0) is 25.7. The number of ether oxygens (including phenoxy) is 4. The molecular weight excluding hydrogens is 617 g/mol. The molecule has 0 rings (SSSR count). The van der Waals surface area contributed by atoms with Crippen molar-refractivity contribution >= 4 is 109 Å². The Labute approximate surface area is 258 Å². The van der Waals surface area contributed by atoms with Crippen molar-refractivity contribution in [3.8, 4) is 0 Å². The van der Waals surface area contributed by atoms with E-state index in [9.17, 15) is 0 Å². The summed E-state index contributed by atoms with van der Waals surface area (Å²) < 4.78 is 22.4. The lowest BCUT2D eigenvalue weighted by molar-refractivity contribution is 0.167. The third-order valence-electron chi connectivity index (χ3n) is 4.06. The molecule has 0 saturated heterocycles. The highest BCUT2D eigenvalue weighted by atomic mass is 32.2. The van der Waals surface area contributed by atoms with E-state index in [-0.39, 0.29) is 0 Å². The first-order chi connectivity index (χ1) is 17.3.